The molecule has 0 aliphatic rings. The van der Waals surface area contributed by atoms with Gasteiger partial charge in [0.25, 0.3) is 0 Å². The van der Waals surface area contributed by atoms with Gasteiger partial charge in [-0.15, -0.1) is 0 Å². The average molecular weight is 521 g/mol. The van der Waals surface area contributed by atoms with E-state index in [-0.39, 0.29) is 31.8 Å². The van der Waals surface area contributed by atoms with Gasteiger partial charge in [-0.3, -0.25) is 9.59 Å². The summed E-state index contributed by atoms with van der Waals surface area (Å²) in [6, 6.07) is 30.8. The van der Waals surface area contributed by atoms with Crippen LogP contribution in [0.1, 0.15) is 39.0 Å². The lowest BCUT2D eigenvalue weighted by molar-refractivity contribution is -0.148. The van der Waals surface area contributed by atoms with E-state index < -0.39 is 25.2 Å². The zero-order valence-corrected chi connectivity index (χ0v) is 22.1. The van der Waals surface area contributed by atoms with Gasteiger partial charge in [0, 0.05) is 12.8 Å². The number of benzene rings is 3. The summed E-state index contributed by atoms with van der Waals surface area (Å²) in [4.78, 5) is 35.8. The Morgan fingerprint density at radius 1 is 0.784 bits per heavy atom. The maximum absolute atomic E-state index is 12.7. The van der Waals surface area contributed by atoms with Crippen molar-refractivity contribution in [3.8, 4) is 0 Å². The number of carboxylic acid groups (broad SMARTS) is 1. The summed E-state index contributed by atoms with van der Waals surface area (Å²) >= 11 is 0. The third kappa shape index (κ3) is 7.74. The van der Waals surface area contributed by atoms with Gasteiger partial charge >= 0.3 is 11.9 Å². The standard InChI is InChI=1S/C30H34NO5P/c1-2-36-30(35)27(21-22-29(33)34)31-28(32)20-12-13-23-37(24-14-6-3-7-15-24,25-16-8-4-9-17-25)26-18-10-5-11-19-26/h3-11,14-19,27H,2,12-13,20-23H2,1H3,(H-,31,32,33,34)/p+1. The van der Waals surface area contributed by atoms with Crippen LogP contribution in [0.15, 0.2) is 91.0 Å². The number of amides is 1. The van der Waals surface area contributed by atoms with Gasteiger partial charge in [0.1, 0.15) is 29.2 Å². The van der Waals surface area contributed by atoms with Crippen LogP contribution in [0.5, 0.6) is 0 Å². The topological polar surface area (TPSA) is 92.7 Å². The van der Waals surface area contributed by atoms with E-state index in [0.29, 0.717) is 6.42 Å². The molecule has 0 saturated heterocycles. The van der Waals surface area contributed by atoms with E-state index in [1.54, 1.807) is 6.92 Å². The number of hydrogen-bond donors (Lipinski definition) is 2. The second kappa shape index (κ2) is 14.3. The van der Waals surface area contributed by atoms with Crippen LogP contribution in [0.4, 0.5) is 0 Å². The van der Waals surface area contributed by atoms with Crippen molar-refractivity contribution in [2.75, 3.05) is 12.8 Å². The minimum atomic E-state index is -1.96. The number of carbonyl (C=O) groups excluding carboxylic acids is 2. The first-order valence-corrected chi connectivity index (χ1v) is 14.7. The van der Waals surface area contributed by atoms with Crippen molar-refractivity contribution in [1.29, 1.82) is 0 Å². The Labute approximate surface area is 219 Å². The summed E-state index contributed by atoms with van der Waals surface area (Å²) in [5.74, 6) is -1.89. The quantitative estimate of drug-likeness (QED) is 0.190. The zero-order valence-electron chi connectivity index (χ0n) is 21.2. The number of unbranched alkanes of at least 4 members (excludes halogenated alkanes) is 1. The number of nitrogens with one attached hydrogen (secondary N) is 1. The average Bonchev–Trinajstić information content (AvgIpc) is 2.92. The molecule has 1 amide bonds. The summed E-state index contributed by atoms with van der Waals surface area (Å²) in [5, 5.41) is 15.6. The summed E-state index contributed by atoms with van der Waals surface area (Å²) in [6.45, 7) is 1.85. The molecule has 0 fully saturated rings. The van der Waals surface area contributed by atoms with Crippen molar-refractivity contribution in [1.82, 2.24) is 5.32 Å². The largest absolute Gasteiger partial charge is 0.481 e. The molecule has 0 saturated carbocycles. The Morgan fingerprint density at radius 2 is 1.27 bits per heavy atom. The molecule has 0 heterocycles. The van der Waals surface area contributed by atoms with E-state index in [2.05, 4.69) is 78.1 Å². The van der Waals surface area contributed by atoms with Gasteiger partial charge in [-0.05, 0) is 62.6 Å². The number of ether oxygens (including phenoxy) is 1. The zero-order chi connectivity index (χ0) is 26.5. The fourth-order valence-electron chi connectivity index (χ4n) is 4.54. The highest BCUT2D eigenvalue weighted by molar-refractivity contribution is 7.95. The highest BCUT2D eigenvalue weighted by Crippen LogP contribution is 2.55. The van der Waals surface area contributed by atoms with Crippen molar-refractivity contribution in [2.24, 2.45) is 0 Å². The van der Waals surface area contributed by atoms with Crippen molar-refractivity contribution < 1.29 is 24.2 Å². The van der Waals surface area contributed by atoms with Crippen LogP contribution in [0.25, 0.3) is 0 Å². The molecule has 1 unspecified atom stereocenters. The first-order chi connectivity index (χ1) is 18.0. The molecule has 0 aliphatic carbocycles. The normalized spacial score (nSPS) is 11.9. The second-order valence-corrected chi connectivity index (χ2v) is 12.4. The van der Waals surface area contributed by atoms with Crippen molar-refractivity contribution in [2.45, 2.75) is 45.1 Å². The maximum Gasteiger partial charge on any atom is 0.328 e. The molecule has 6 nitrogen and oxygen atoms in total. The number of aliphatic carboxylic acids is 1. The Balaban J connectivity index is 1.75. The van der Waals surface area contributed by atoms with Crippen LogP contribution < -0.4 is 21.2 Å². The van der Waals surface area contributed by atoms with E-state index in [0.717, 1.165) is 12.6 Å². The molecule has 3 rings (SSSR count). The van der Waals surface area contributed by atoms with Gasteiger partial charge in [0.15, 0.2) is 0 Å². The van der Waals surface area contributed by atoms with Gasteiger partial charge in [-0.1, -0.05) is 54.6 Å². The van der Waals surface area contributed by atoms with Gasteiger partial charge in [0.2, 0.25) is 5.91 Å². The summed E-state index contributed by atoms with van der Waals surface area (Å²) in [5.41, 5.74) is 0. The molecule has 194 valence electrons. The molecular formula is C30H35NO5P+. The van der Waals surface area contributed by atoms with Crippen LogP contribution in [0.3, 0.4) is 0 Å². The number of carbonyl (C=O) groups is 3. The van der Waals surface area contributed by atoms with Crippen LogP contribution in [0.2, 0.25) is 0 Å². The molecule has 3 aromatic rings. The lowest BCUT2D eigenvalue weighted by Gasteiger charge is -2.27. The van der Waals surface area contributed by atoms with Gasteiger partial charge in [0.05, 0.1) is 12.8 Å². The summed E-state index contributed by atoms with van der Waals surface area (Å²) in [7, 11) is -1.96. The highest BCUT2D eigenvalue weighted by atomic mass is 31.2. The van der Waals surface area contributed by atoms with Crippen molar-refractivity contribution in [3.63, 3.8) is 0 Å². The minimum Gasteiger partial charge on any atom is -0.481 e. The van der Waals surface area contributed by atoms with E-state index in [1.165, 1.54) is 15.9 Å². The van der Waals surface area contributed by atoms with Crippen LogP contribution >= 0.6 is 7.26 Å². The van der Waals surface area contributed by atoms with E-state index >= 15 is 0 Å². The predicted molar refractivity (Wildman–Crippen MR) is 149 cm³/mol. The number of carboxylic acids is 1. The lowest BCUT2D eigenvalue weighted by Crippen LogP contribution is -2.42. The third-order valence-electron chi connectivity index (χ3n) is 6.29. The van der Waals surface area contributed by atoms with Gasteiger partial charge < -0.3 is 15.2 Å². The SMILES string of the molecule is CCOC(=O)C(CCC(=O)O)NC(=O)CCCC[P+](c1ccccc1)(c1ccccc1)c1ccccc1. The molecule has 37 heavy (non-hydrogen) atoms. The number of rotatable bonds is 14. The Bertz CT molecular complexity index is 1040. The smallest absolute Gasteiger partial charge is 0.328 e. The minimum absolute atomic E-state index is 0.00453. The second-order valence-electron chi connectivity index (χ2n) is 8.80. The molecule has 2 N–H and O–H groups in total. The molecule has 1 atom stereocenters. The molecule has 0 bridgehead atoms. The Kier molecular flexibility index (Phi) is 10.8. The Morgan fingerprint density at radius 3 is 1.70 bits per heavy atom. The molecule has 0 spiro atoms. The van der Waals surface area contributed by atoms with Crippen LogP contribution in [-0.4, -0.2) is 41.8 Å². The van der Waals surface area contributed by atoms with Gasteiger partial charge in [-0.25, -0.2) is 4.79 Å². The van der Waals surface area contributed by atoms with Crippen molar-refractivity contribution in [3.05, 3.63) is 91.0 Å². The molecule has 7 heteroatoms. The van der Waals surface area contributed by atoms with E-state index in [4.69, 9.17) is 9.84 Å². The molecule has 3 aromatic carbocycles. The lowest BCUT2D eigenvalue weighted by atomic mass is 10.1. The third-order valence-corrected chi connectivity index (χ3v) is 10.8. The van der Waals surface area contributed by atoms with E-state index in [9.17, 15) is 14.4 Å². The fourth-order valence-corrected chi connectivity index (χ4v) is 8.95. The van der Waals surface area contributed by atoms with Crippen LogP contribution in [-0.2, 0) is 19.1 Å². The summed E-state index contributed by atoms with van der Waals surface area (Å²) in [6.07, 6.45) is 2.40. The summed E-state index contributed by atoms with van der Waals surface area (Å²) < 4.78 is 5.01. The first-order valence-electron chi connectivity index (χ1n) is 12.7. The predicted octanol–water partition coefficient (Wildman–Crippen LogP) is 4.06. The number of esters is 1. The van der Waals surface area contributed by atoms with Crippen LogP contribution in [0, 0.1) is 0 Å². The number of hydrogen-bond acceptors (Lipinski definition) is 4. The highest BCUT2D eigenvalue weighted by Gasteiger charge is 2.44. The monoisotopic (exact) mass is 520 g/mol. The maximum atomic E-state index is 12.7. The molecular weight excluding hydrogens is 485 g/mol. The Hall–Kier alpha value is -3.50. The van der Waals surface area contributed by atoms with Crippen molar-refractivity contribution >= 4 is 41.0 Å². The molecule has 0 radical (unpaired) electrons. The van der Waals surface area contributed by atoms with E-state index in [1.807, 2.05) is 18.2 Å². The molecule has 0 aliphatic heterocycles. The van der Waals surface area contributed by atoms with Gasteiger partial charge in [-0.2, -0.15) is 0 Å². The first kappa shape index (κ1) is 28.1. The molecule has 0 aromatic heterocycles. The fraction of sp³-hybridized carbons (Fsp3) is 0.300.